The third kappa shape index (κ3) is 4.46. The Hall–Kier alpha value is -3.68. The second kappa shape index (κ2) is 9.26. The predicted octanol–water partition coefficient (Wildman–Crippen LogP) is 5.00. The van der Waals surface area contributed by atoms with E-state index in [1.807, 2.05) is 0 Å². The van der Waals surface area contributed by atoms with Crippen LogP contribution in [0.1, 0.15) is 19.3 Å². The van der Waals surface area contributed by atoms with E-state index in [-0.39, 0.29) is 46.6 Å². The second-order valence-electron chi connectivity index (χ2n) is 9.05. The minimum atomic E-state index is -4.43. The van der Waals surface area contributed by atoms with Gasteiger partial charge in [0.05, 0.1) is 24.2 Å². The molecule has 0 spiro atoms. The summed E-state index contributed by atoms with van der Waals surface area (Å²) in [5.74, 6) is -3.40. The lowest BCUT2D eigenvalue weighted by Crippen LogP contribution is -2.39. The summed E-state index contributed by atoms with van der Waals surface area (Å²) in [6.07, 6.45) is -4.50. The maximum absolute atomic E-state index is 15.5. The molecule has 1 fully saturated rings. The number of hydrogen-bond acceptors (Lipinski definition) is 6. The molecule has 1 saturated carbocycles. The molecule has 1 N–H and O–H groups in total. The number of allylic oxidation sites excluding steroid dienone is 3. The number of fused-ring (bicyclic) bond motifs is 1. The van der Waals surface area contributed by atoms with Crippen LogP contribution in [0.2, 0.25) is 0 Å². The molecule has 8 nitrogen and oxygen atoms in total. The minimum absolute atomic E-state index is 0.0294. The van der Waals surface area contributed by atoms with Crippen molar-refractivity contribution in [3.63, 3.8) is 0 Å². The maximum atomic E-state index is 15.5. The van der Waals surface area contributed by atoms with Crippen LogP contribution in [0.3, 0.4) is 0 Å². The van der Waals surface area contributed by atoms with Crippen LogP contribution >= 0.6 is 0 Å². The lowest BCUT2D eigenvalue weighted by atomic mass is 9.68. The Morgan fingerprint density at radius 2 is 1.89 bits per heavy atom. The molecule has 0 aliphatic heterocycles. The number of sulfonamides is 1. The molecule has 5 rings (SSSR count). The van der Waals surface area contributed by atoms with Crippen LogP contribution in [0.4, 0.5) is 27.8 Å². The van der Waals surface area contributed by atoms with Crippen LogP contribution in [0.15, 0.2) is 68.2 Å². The van der Waals surface area contributed by atoms with Gasteiger partial charge in [0, 0.05) is 23.9 Å². The number of anilines is 1. The fraction of sp³-hybridized carbons (Fsp3) is 0.333. The molecule has 1 atom stereocenters. The molecule has 0 radical (unpaired) electrons. The quantitative estimate of drug-likeness (QED) is 0.428. The Balaban J connectivity index is 1.57. The van der Waals surface area contributed by atoms with Gasteiger partial charge in [-0.15, -0.1) is 0 Å². The van der Waals surface area contributed by atoms with Gasteiger partial charge >= 0.3 is 6.18 Å². The van der Waals surface area contributed by atoms with E-state index in [0.29, 0.717) is 0 Å². The number of ether oxygens (including phenoxy) is 1. The van der Waals surface area contributed by atoms with E-state index in [9.17, 15) is 26.4 Å². The number of methoxy groups -OCH3 is 1. The monoisotopic (exact) mass is 557 g/mol. The summed E-state index contributed by atoms with van der Waals surface area (Å²) in [5.41, 5.74) is -0.535. The molecule has 1 unspecified atom stereocenters. The number of pyridine rings is 1. The average molecular weight is 557 g/mol. The summed E-state index contributed by atoms with van der Waals surface area (Å²) in [5, 5.41) is 3.18. The van der Waals surface area contributed by atoms with Gasteiger partial charge < -0.3 is 9.26 Å². The van der Waals surface area contributed by atoms with Gasteiger partial charge in [-0.3, -0.25) is 14.1 Å². The summed E-state index contributed by atoms with van der Waals surface area (Å²) < 4.78 is 108. The zero-order chi connectivity index (χ0) is 27.4. The van der Waals surface area contributed by atoms with E-state index >= 15 is 8.78 Å². The molecular formula is C24H20F5N3O5S. The van der Waals surface area contributed by atoms with Gasteiger partial charge in [0.15, 0.2) is 11.6 Å². The van der Waals surface area contributed by atoms with E-state index < -0.39 is 56.9 Å². The van der Waals surface area contributed by atoms with Crippen LogP contribution in [0, 0.1) is 17.7 Å². The van der Waals surface area contributed by atoms with Gasteiger partial charge in [-0.1, -0.05) is 5.16 Å². The summed E-state index contributed by atoms with van der Waals surface area (Å²) in [7, 11) is -3.16. The highest BCUT2D eigenvalue weighted by molar-refractivity contribution is 7.92. The fourth-order valence-corrected chi connectivity index (χ4v) is 5.91. The van der Waals surface area contributed by atoms with E-state index in [1.54, 1.807) is 0 Å². The maximum Gasteiger partial charge on any atom is 0.391 e. The van der Waals surface area contributed by atoms with Crippen molar-refractivity contribution in [2.75, 3.05) is 11.8 Å². The van der Waals surface area contributed by atoms with Gasteiger partial charge in [-0.2, -0.15) is 13.2 Å². The minimum Gasteiger partial charge on any atom is -0.495 e. The van der Waals surface area contributed by atoms with E-state index in [2.05, 4.69) is 14.4 Å². The van der Waals surface area contributed by atoms with Crippen molar-refractivity contribution < 1.29 is 39.6 Å². The number of nitrogens with one attached hydrogen (secondary N) is 1. The van der Waals surface area contributed by atoms with Gasteiger partial charge in [-0.05, 0) is 48.6 Å². The van der Waals surface area contributed by atoms with Crippen molar-refractivity contribution in [3.05, 3.63) is 70.2 Å². The smallest absolute Gasteiger partial charge is 0.391 e. The fourth-order valence-electron chi connectivity index (χ4n) is 4.83. The summed E-state index contributed by atoms with van der Waals surface area (Å²) in [6, 6.07) is 5.47. The number of hydrogen-bond donors (Lipinski definition) is 1. The van der Waals surface area contributed by atoms with Crippen LogP contribution in [-0.2, 0) is 14.8 Å². The van der Waals surface area contributed by atoms with Gasteiger partial charge in [0.25, 0.3) is 15.6 Å². The molecule has 1 aromatic carbocycles. The van der Waals surface area contributed by atoms with Gasteiger partial charge in [0.1, 0.15) is 23.1 Å². The SMILES string of the molecule is COC1=C(n2c(=O)ccc3c(F)c(S(=O)(=O)Nc4ccon4)ccc32)CC(F)C(C2CC(C(F)(F)F)C2)=C1. The summed E-state index contributed by atoms with van der Waals surface area (Å²) in [6.45, 7) is 0. The van der Waals surface area contributed by atoms with E-state index in [1.165, 1.54) is 25.3 Å². The number of alkyl halides is 4. The number of rotatable bonds is 6. The Morgan fingerprint density at radius 3 is 2.53 bits per heavy atom. The van der Waals surface area contributed by atoms with Crippen molar-refractivity contribution >= 4 is 32.4 Å². The molecule has 2 aromatic heterocycles. The molecule has 0 bridgehead atoms. The summed E-state index contributed by atoms with van der Waals surface area (Å²) >= 11 is 0. The van der Waals surface area contributed by atoms with Crippen LogP contribution < -0.4 is 10.3 Å². The standard InChI is InChI=1S/C24H20F5N3O5S/c1-36-19-10-15(12-8-13(9-12)24(27,28)29)16(25)11-18(19)32-17-3-4-20(23(26)14(17)2-5-22(32)33)38(34,35)31-21-6-7-37-30-21/h2-7,10,12-13,16H,8-9,11H2,1H3,(H,30,31). The number of nitrogens with zero attached hydrogens (tertiary/aromatic N) is 2. The molecule has 3 aromatic rings. The lowest BCUT2D eigenvalue weighted by molar-refractivity contribution is -0.202. The van der Waals surface area contributed by atoms with Crippen LogP contribution in [0.25, 0.3) is 16.6 Å². The van der Waals surface area contributed by atoms with E-state index in [4.69, 9.17) is 4.74 Å². The molecule has 14 heteroatoms. The second-order valence-corrected chi connectivity index (χ2v) is 10.7. The molecule has 0 amide bonds. The van der Waals surface area contributed by atoms with Crippen molar-refractivity contribution in [2.24, 2.45) is 11.8 Å². The Morgan fingerprint density at radius 1 is 1.16 bits per heavy atom. The molecule has 38 heavy (non-hydrogen) atoms. The zero-order valence-corrected chi connectivity index (χ0v) is 20.4. The topological polar surface area (TPSA) is 103 Å². The summed E-state index contributed by atoms with van der Waals surface area (Å²) in [4.78, 5) is 12.2. The number of halogens is 5. The molecule has 0 saturated heterocycles. The highest BCUT2D eigenvalue weighted by Gasteiger charge is 2.50. The molecular weight excluding hydrogens is 537 g/mol. The molecule has 2 aliphatic carbocycles. The normalized spacial score (nSPS) is 22.3. The highest BCUT2D eigenvalue weighted by atomic mass is 32.2. The van der Waals surface area contributed by atoms with Crippen molar-refractivity contribution in [1.29, 1.82) is 0 Å². The van der Waals surface area contributed by atoms with Gasteiger partial charge in [-0.25, -0.2) is 17.2 Å². The first-order valence-electron chi connectivity index (χ1n) is 11.4. The Labute approximate surface area is 212 Å². The Bertz CT molecular complexity index is 1620. The third-order valence-corrected chi connectivity index (χ3v) is 8.19. The Kier molecular flexibility index (Phi) is 6.32. The zero-order valence-electron chi connectivity index (χ0n) is 19.6. The average Bonchev–Trinajstić information content (AvgIpc) is 3.30. The van der Waals surface area contributed by atoms with E-state index in [0.717, 1.165) is 29.0 Å². The van der Waals surface area contributed by atoms with Crippen LogP contribution in [-0.4, -0.2) is 37.6 Å². The highest BCUT2D eigenvalue weighted by Crippen LogP contribution is 2.50. The van der Waals surface area contributed by atoms with Crippen LogP contribution in [0.5, 0.6) is 0 Å². The number of benzene rings is 1. The first-order valence-corrected chi connectivity index (χ1v) is 12.9. The first-order chi connectivity index (χ1) is 17.9. The van der Waals surface area contributed by atoms with Crippen molar-refractivity contribution in [2.45, 2.75) is 36.5 Å². The number of aromatic nitrogens is 2. The third-order valence-electron chi connectivity index (χ3n) is 6.82. The lowest BCUT2D eigenvalue weighted by Gasteiger charge is -2.40. The first kappa shape index (κ1) is 25.9. The molecule has 202 valence electrons. The van der Waals surface area contributed by atoms with Gasteiger partial charge in [0.2, 0.25) is 0 Å². The molecule has 2 aliphatic rings. The molecule has 2 heterocycles. The van der Waals surface area contributed by atoms with Crippen molar-refractivity contribution in [1.82, 2.24) is 9.72 Å². The largest absolute Gasteiger partial charge is 0.495 e. The predicted molar refractivity (Wildman–Crippen MR) is 126 cm³/mol. The van der Waals surface area contributed by atoms with Crippen molar-refractivity contribution in [3.8, 4) is 0 Å².